The van der Waals surface area contributed by atoms with E-state index in [-0.39, 0.29) is 5.91 Å². The molecule has 0 fully saturated rings. The summed E-state index contributed by atoms with van der Waals surface area (Å²) in [5, 5.41) is 7.57. The second-order valence-electron chi connectivity index (χ2n) is 8.13. The zero-order chi connectivity index (χ0) is 21.8. The lowest BCUT2D eigenvalue weighted by molar-refractivity contribution is 0.0913. The summed E-state index contributed by atoms with van der Waals surface area (Å²) < 4.78 is 5.20. The number of fused-ring (bicyclic) bond motifs is 1. The number of hydrogen-bond acceptors (Lipinski definition) is 4. The zero-order valence-electron chi connectivity index (χ0n) is 17.9. The Morgan fingerprint density at radius 2 is 1.84 bits per heavy atom. The fourth-order valence-electron chi connectivity index (χ4n) is 3.67. The molecule has 0 unspecified atom stereocenters. The molecule has 0 bridgehead atoms. The maximum absolute atomic E-state index is 13.1. The maximum Gasteiger partial charge on any atom is 0.255 e. The molecule has 0 radical (unpaired) electrons. The first-order valence-corrected chi connectivity index (χ1v) is 10.2. The molecule has 6 heteroatoms. The monoisotopic (exact) mass is 414 g/mol. The molecule has 1 amide bonds. The van der Waals surface area contributed by atoms with Gasteiger partial charge < -0.3 is 20.4 Å². The van der Waals surface area contributed by atoms with Gasteiger partial charge in [-0.25, -0.2) is 4.98 Å². The number of nitrogens with zero attached hydrogens (tertiary/aromatic N) is 1. The Bertz CT molecular complexity index is 1200. The molecule has 158 valence electrons. The van der Waals surface area contributed by atoms with Crippen molar-refractivity contribution in [3.63, 3.8) is 0 Å². The first-order chi connectivity index (χ1) is 14.9. The number of carbonyl (C=O) groups is 1. The van der Waals surface area contributed by atoms with Crippen LogP contribution in [0.5, 0.6) is 5.75 Å². The lowest BCUT2D eigenvalue weighted by Crippen LogP contribution is -2.45. The van der Waals surface area contributed by atoms with Gasteiger partial charge in [0.15, 0.2) is 0 Å². The minimum atomic E-state index is -0.449. The molecule has 0 saturated heterocycles. The van der Waals surface area contributed by atoms with Gasteiger partial charge in [0.1, 0.15) is 11.6 Å². The van der Waals surface area contributed by atoms with E-state index in [1.807, 2.05) is 56.4 Å². The molecule has 4 aromatic rings. The Kier molecular flexibility index (Phi) is 5.62. The van der Waals surface area contributed by atoms with Crippen molar-refractivity contribution in [3.8, 4) is 5.75 Å². The largest absolute Gasteiger partial charge is 0.497 e. The van der Waals surface area contributed by atoms with Crippen LogP contribution in [0.2, 0.25) is 0 Å². The van der Waals surface area contributed by atoms with Crippen LogP contribution in [0.1, 0.15) is 29.8 Å². The summed E-state index contributed by atoms with van der Waals surface area (Å²) in [6.07, 6.45) is 4.38. The van der Waals surface area contributed by atoms with E-state index in [9.17, 15) is 4.79 Å². The Labute approximate surface area is 181 Å². The number of amides is 1. The average Bonchev–Trinajstić information content (AvgIpc) is 3.16. The van der Waals surface area contributed by atoms with E-state index in [0.717, 1.165) is 17.0 Å². The molecule has 4 rings (SSSR count). The third-order valence-corrected chi connectivity index (χ3v) is 5.16. The number of pyridine rings is 1. The highest BCUT2D eigenvalue weighted by molar-refractivity contribution is 5.99. The number of methoxy groups -OCH3 is 1. The van der Waals surface area contributed by atoms with E-state index < -0.39 is 5.54 Å². The highest BCUT2D eigenvalue weighted by atomic mass is 16.5. The van der Waals surface area contributed by atoms with Crippen molar-refractivity contribution in [2.45, 2.75) is 25.8 Å². The van der Waals surface area contributed by atoms with Crippen molar-refractivity contribution < 1.29 is 9.53 Å². The molecule has 0 aliphatic heterocycles. The number of H-pyrrole nitrogens is 1. The van der Waals surface area contributed by atoms with Crippen molar-refractivity contribution in [1.82, 2.24) is 15.3 Å². The standard InChI is InChI=1S/C25H26N4O2/c1-25(2,15-17-16-27-22-9-5-4-7-20(17)22)29-24(30)21-8-6-14-26-23(21)28-18-10-12-19(31-3)13-11-18/h4-14,16,27H,15H2,1-3H3,(H,26,28)(H,29,30). The number of para-hydroxylation sites is 1. The van der Waals surface area contributed by atoms with Crippen LogP contribution < -0.4 is 15.4 Å². The van der Waals surface area contributed by atoms with Crippen LogP contribution in [-0.2, 0) is 6.42 Å². The van der Waals surface area contributed by atoms with E-state index in [1.54, 1.807) is 25.4 Å². The molecule has 2 aromatic heterocycles. The first kappa shape index (κ1) is 20.5. The number of hydrogen-bond donors (Lipinski definition) is 3. The van der Waals surface area contributed by atoms with Gasteiger partial charge in [-0.05, 0) is 68.3 Å². The highest BCUT2D eigenvalue weighted by Crippen LogP contribution is 2.24. The van der Waals surface area contributed by atoms with E-state index in [0.29, 0.717) is 17.8 Å². The number of ether oxygens (including phenoxy) is 1. The molecule has 0 aliphatic carbocycles. The lowest BCUT2D eigenvalue weighted by Gasteiger charge is -2.26. The minimum Gasteiger partial charge on any atom is -0.497 e. The van der Waals surface area contributed by atoms with Gasteiger partial charge in [0.05, 0.1) is 12.7 Å². The van der Waals surface area contributed by atoms with E-state index in [2.05, 4.69) is 32.7 Å². The van der Waals surface area contributed by atoms with Crippen molar-refractivity contribution in [3.05, 3.63) is 84.2 Å². The average molecular weight is 415 g/mol. The summed E-state index contributed by atoms with van der Waals surface area (Å²) in [7, 11) is 1.63. The van der Waals surface area contributed by atoms with Crippen molar-refractivity contribution in [1.29, 1.82) is 0 Å². The van der Waals surface area contributed by atoms with Crippen LogP contribution in [0, 0.1) is 0 Å². The number of benzene rings is 2. The van der Waals surface area contributed by atoms with Crippen molar-refractivity contribution >= 4 is 28.3 Å². The second-order valence-corrected chi connectivity index (χ2v) is 8.13. The van der Waals surface area contributed by atoms with Crippen LogP contribution in [0.3, 0.4) is 0 Å². The number of aromatic amines is 1. The number of rotatable bonds is 7. The Morgan fingerprint density at radius 3 is 2.61 bits per heavy atom. The summed E-state index contributed by atoms with van der Waals surface area (Å²) in [5.41, 5.74) is 3.13. The van der Waals surface area contributed by atoms with Crippen LogP contribution in [0.25, 0.3) is 10.9 Å². The number of carbonyl (C=O) groups excluding carboxylic acids is 1. The molecule has 0 atom stereocenters. The summed E-state index contributed by atoms with van der Waals surface area (Å²) in [5.74, 6) is 1.10. The molecule has 6 nitrogen and oxygen atoms in total. The molecular formula is C25H26N4O2. The van der Waals surface area contributed by atoms with Gasteiger partial charge in [-0.2, -0.15) is 0 Å². The molecular weight excluding hydrogens is 388 g/mol. The van der Waals surface area contributed by atoms with Gasteiger partial charge in [-0.15, -0.1) is 0 Å². The predicted molar refractivity (Wildman–Crippen MR) is 124 cm³/mol. The topological polar surface area (TPSA) is 79.0 Å². The molecule has 3 N–H and O–H groups in total. The Hall–Kier alpha value is -3.80. The van der Waals surface area contributed by atoms with Crippen LogP contribution in [0.4, 0.5) is 11.5 Å². The third-order valence-electron chi connectivity index (χ3n) is 5.16. The zero-order valence-corrected chi connectivity index (χ0v) is 17.9. The summed E-state index contributed by atoms with van der Waals surface area (Å²) in [6.45, 7) is 4.05. The molecule has 0 aliphatic rings. The summed E-state index contributed by atoms with van der Waals surface area (Å²) in [6, 6.07) is 19.2. The van der Waals surface area contributed by atoms with E-state index >= 15 is 0 Å². The quantitative estimate of drug-likeness (QED) is 0.395. The lowest BCUT2D eigenvalue weighted by atomic mass is 9.94. The van der Waals surface area contributed by atoms with Crippen LogP contribution in [-0.4, -0.2) is 28.5 Å². The van der Waals surface area contributed by atoms with Gasteiger partial charge >= 0.3 is 0 Å². The first-order valence-electron chi connectivity index (χ1n) is 10.2. The summed E-state index contributed by atoms with van der Waals surface area (Å²) in [4.78, 5) is 20.8. The fourth-order valence-corrected chi connectivity index (χ4v) is 3.67. The highest BCUT2D eigenvalue weighted by Gasteiger charge is 2.24. The van der Waals surface area contributed by atoms with Gasteiger partial charge in [0.25, 0.3) is 5.91 Å². The summed E-state index contributed by atoms with van der Waals surface area (Å²) >= 11 is 0. The van der Waals surface area contributed by atoms with Crippen molar-refractivity contribution in [2.75, 3.05) is 12.4 Å². The molecule has 2 heterocycles. The SMILES string of the molecule is COc1ccc(Nc2ncccc2C(=O)NC(C)(C)Cc2c[nH]c3ccccc23)cc1. The Morgan fingerprint density at radius 1 is 1.06 bits per heavy atom. The Balaban J connectivity index is 1.51. The van der Waals surface area contributed by atoms with Gasteiger partial charge in [0, 0.05) is 34.5 Å². The molecule has 0 saturated carbocycles. The third kappa shape index (κ3) is 4.69. The normalized spacial score (nSPS) is 11.3. The van der Waals surface area contributed by atoms with Crippen LogP contribution in [0.15, 0.2) is 73.1 Å². The second kappa shape index (κ2) is 8.52. The predicted octanol–water partition coefficient (Wildman–Crippen LogP) is 5.07. The van der Waals surface area contributed by atoms with Gasteiger partial charge in [-0.1, -0.05) is 18.2 Å². The number of nitrogens with one attached hydrogen (secondary N) is 3. The fraction of sp³-hybridized carbons (Fsp3) is 0.200. The van der Waals surface area contributed by atoms with Crippen molar-refractivity contribution in [2.24, 2.45) is 0 Å². The minimum absolute atomic E-state index is 0.172. The van der Waals surface area contributed by atoms with Crippen LogP contribution >= 0.6 is 0 Å². The van der Waals surface area contributed by atoms with Gasteiger partial charge in [-0.3, -0.25) is 4.79 Å². The van der Waals surface area contributed by atoms with Gasteiger partial charge in [0.2, 0.25) is 0 Å². The molecule has 0 spiro atoms. The number of aromatic nitrogens is 2. The molecule has 31 heavy (non-hydrogen) atoms. The maximum atomic E-state index is 13.1. The van der Waals surface area contributed by atoms with E-state index in [4.69, 9.17) is 4.74 Å². The smallest absolute Gasteiger partial charge is 0.255 e. The van der Waals surface area contributed by atoms with E-state index in [1.165, 1.54) is 10.9 Å². The number of anilines is 2. The molecule has 2 aromatic carbocycles.